The third-order valence-corrected chi connectivity index (χ3v) is 8.01. The molecule has 0 saturated carbocycles. The number of nitrogens with one attached hydrogen (secondary N) is 1. The molecule has 0 unspecified atom stereocenters. The van der Waals surface area contributed by atoms with Crippen molar-refractivity contribution in [3.05, 3.63) is 131 Å². The van der Waals surface area contributed by atoms with Gasteiger partial charge in [0.15, 0.2) is 11.5 Å². The number of amides is 1. The Kier molecular flexibility index (Phi) is 4.79. The zero-order valence-electron chi connectivity index (χ0n) is 20.0. The smallest absolute Gasteiger partial charge is 0.238 e. The summed E-state index contributed by atoms with van der Waals surface area (Å²) in [6.45, 7) is 0. The monoisotopic (exact) mass is 504 g/mol. The molecule has 3 aliphatic heterocycles. The first kappa shape index (κ1) is 22.4. The van der Waals surface area contributed by atoms with Crippen molar-refractivity contribution in [1.82, 2.24) is 4.90 Å². The summed E-state index contributed by atoms with van der Waals surface area (Å²) in [4.78, 5) is 44.7. The van der Waals surface area contributed by atoms with E-state index in [1.165, 1.54) is 30.5 Å². The summed E-state index contributed by atoms with van der Waals surface area (Å²) in [5.41, 5.74) is 1.79. The van der Waals surface area contributed by atoms with E-state index in [9.17, 15) is 18.8 Å². The third-order valence-electron chi connectivity index (χ3n) is 8.01. The van der Waals surface area contributed by atoms with Crippen molar-refractivity contribution < 1.29 is 23.2 Å². The molecule has 3 aromatic carbocycles. The number of anilines is 1. The van der Waals surface area contributed by atoms with Crippen LogP contribution in [0.2, 0.25) is 0 Å². The van der Waals surface area contributed by atoms with Gasteiger partial charge in [-0.15, -0.1) is 0 Å². The van der Waals surface area contributed by atoms with Crippen LogP contribution in [-0.4, -0.2) is 28.4 Å². The van der Waals surface area contributed by atoms with E-state index in [2.05, 4.69) is 5.32 Å². The zero-order valence-corrected chi connectivity index (χ0v) is 20.0. The first-order valence-corrected chi connectivity index (χ1v) is 12.3. The summed E-state index contributed by atoms with van der Waals surface area (Å²) in [5, 5.41) is 3.00. The number of rotatable bonds is 4. The molecule has 4 heterocycles. The van der Waals surface area contributed by atoms with Gasteiger partial charge >= 0.3 is 0 Å². The van der Waals surface area contributed by atoms with Crippen LogP contribution in [0.1, 0.15) is 43.6 Å². The zero-order chi connectivity index (χ0) is 26.0. The Labute approximate surface area is 217 Å². The van der Waals surface area contributed by atoms with Gasteiger partial charge in [-0.25, -0.2) is 4.39 Å². The Morgan fingerprint density at radius 2 is 1.66 bits per heavy atom. The van der Waals surface area contributed by atoms with E-state index >= 15 is 0 Å². The summed E-state index contributed by atoms with van der Waals surface area (Å²) in [6, 6.07) is 21.7. The quantitative estimate of drug-likeness (QED) is 0.377. The first-order valence-electron chi connectivity index (χ1n) is 12.3. The molecule has 4 aromatic rings. The molecule has 1 fully saturated rings. The fraction of sp³-hybridized carbons (Fsp3) is 0.129. The molecule has 1 N–H and O–H groups in total. The number of benzene rings is 3. The second-order valence-corrected chi connectivity index (χ2v) is 9.80. The van der Waals surface area contributed by atoms with Crippen LogP contribution in [0.5, 0.6) is 0 Å². The number of halogens is 1. The average molecular weight is 505 g/mol. The maximum absolute atomic E-state index is 14.5. The molecule has 3 aliphatic rings. The van der Waals surface area contributed by atoms with E-state index in [-0.39, 0.29) is 17.2 Å². The van der Waals surface area contributed by atoms with Crippen LogP contribution in [0.25, 0.3) is 6.08 Å². The van der Waals surface area contributed by atoms with Crippen molar-refractivity contribution in [3.63, 3.8) is 0 Å². The third kappa shape index (κ3) is 2.90. The minimum Gasteiger partial charge on any atom is -0.461 e. The van der Waals surface area contributed by atoms with Gasteiger partial charge in [0, 0.05) is 17.5 Å². The standard InChI is InChI=1S/C31H21FN2O4/c32-20-13-11-19(12-14-20)27(35)25-26(28(36)24-10-5-17-38-24)34-16-15-18-6-1-2-7-21(18)29(34)31(25)22-8-3-4-9-23(22)33-30(31)37/h1-17,25-26,29H,(H,33,37)/t25-,26+,29-,31+/m1/s1. The number of hydrogen-bond acceptors (Lipinski definition) is 5. The lowest BCUT2D eigenvalue weighted by Gasteiger charge is -2.38. The van der Waals surface area contributed by atoms with Crippen molar-refractivity contribution in [3.8, 4) is 0 Å². The molecule has 38 heavy (non-hydrogen) atoms. The van der Waals surface area contributed by atoms with E-state index < -0.39 is 40.8 Å². The molecule has 7 rings (SSSR count). The highest BCUT2D eigenvalue weighted by atomic mass is 19.1. The van der Waals surface area contributed by atoms with E-state index in [1.807, 2.05) is 53.4 Å². The molecule has 0 aliphatic carbocycles. The lowest BCUT2D eigenvalue weighted by Crippen LogP contribution is -2.49. The number of furan rings is 1. The highest BCUT2D eigenvalue weighted by Gasteiger charge is 2.71. The summed E-state index contributed by atoms with van der Waals surface area (Å²) in [7, 11) is 0. The van der Waals surface area contributed by atoms with E-state index in [1.54, 1.807) is 24.4 Å². The van der Waals surface area contributed by atoms with E-state index in [0.717, 1.165) is 11.1 Å². The lowest BCUT2D eigenvalue weighted by atomic mass is 9.62. The maximum atomic E-state index is 14.5. The molecule has 6 nitrogen and oxygen atoms in total. The molecular formula is C31H21FN2O4. The number of carbonyl (C=O) groups is 3. The van der Waals surface area contributed by atoms with Crippen molar-refractivity contribution in [2.45, 2.75) is 17.5 Å². The SMILES string of the molecule is O=C(c1ccco1)[C@@H]1[C@H](C(=O)c2ccc(F)cc2)[C@]2(C(=O)Nc3ccccc32)[C@H]2c3ccccc3C=CN12. The molecule has 186 valence electrons. The van der Waals surface area contributed by atoms with Crippen LogP contribution in [-0.2, 0) is 10.2 Å². The maximum Gasteiger partial charge on any atom is 0.238 e. The van der Waals surface area contributed by atoms with Crippen LogP contribution in [0, 0.1) is 11.7 Å². The minimum atomic E-state index is -1.43. The topological polar surface area (TPSA) is 79.6 Å². The Morgan fingerprint density at radius 1 is 0.895 bits per heavy atom. The average Bonchev–Trinajstić information content (AvgIpc) is 3.65. The van der Waals surface area contributed by atoms with E-state index in [4.69, 9.17) is 4.42 Å². The van der Waals surface area contributed by atoms with Crippen LogP contribution in [0.3, 0.4) is 0 Å². The van der Waals surface area contributed by atoms with Gasteiger partial charge in [0.25, 0.3) is 0 Å². The number of hydrogen-bond donors (Lipinski definition) is 1. The summed E-state index contributed by atoms with van der Waals surface area (Å²) < 4.78 is 19.3. The summed E-state index contributed by atoms with van der Waals surface area (Å²) >= 11 is 0. The number of ketones is 2. The Bertz CT molecular complexity index is 1640. The Balaban J connectivity index is 1.55. The van der Waals surface area contributed by atoms with Crippen LogP contribution < -0.4 is 5.32 Å². The predicted octanol–water partition coefficient (Wildman–Crippen LogP) is 5.40. The molecule has 1 amide bonds. The van der Waals surface area contributed by atoms with Gasteiger partial charge in [-0.1, -0.05) is 42.5 Å². The largest absolute Gasteiger partial charge is 0.461 e. The summed E-state index contributed by atoms with van der Waals surface area (Å²) in [6.07, 6.45) is 5.10. The van der Waals surface area contributed by atoms with Gasteiger partial charge in [0.1, 0.15) is 17.3 Å². The number of fused-ring (bicyclic) bond motifs is 6. The molecule has 1 saturated heterocycles. The fourth-order valence-corrected chi connectivity index (χ4v) is 6.53. The number of para-hydroxylation sites is 1. The van der Waals surface area contributed by atoms with Gasteiger partial charge in [0.2, 0.25) is 11.7 Å². The number of Topliss-reactive ketones (excluding diaryl/α,β-unsaturated/α-hetero) is 2. The van der Waals surface area contributed by atoms with Crippen LogP contribution >= 0.6 is 0 Å². The van der Waals surface area contributed by atoms with Crippen molar-refractivity contribution in [1.29, 1.82) is 0 Å². The first-order chi connectivity index (χ1) is 18.5. The molecular weight excluding hydrogens is 483 g/mol. The van der Waals surface area contributed by atoms with Crippen LogP contribution in [0.15, 0.2) is 102 Å². The van der Waals surface area contributed by atoms with E-state index in [0.29, 0.717) is 11.3 Å². The minimum absolute atomic E-state index is 0.0988. The second-order valence-electron chi connectivity index (χ2n) is 9.80. The fourth-order valence-electron chi connectivity index (χ4n) is 6.53. The van der Waals surface area contributed by atoms with Gasteiger partial charge in [-0.2, -0.15) is 0 Å². The lowest BCUT2D eigenvalue weighted by molar-refractivity contribution is -0.122. The van der Waals surface area contributed by atoms with Crippen molar-refractivity contribution >= 4 is 29.2 Å². The van der Waals surface area contributed by atoms with Gasteiger partial charge in [-0.05, 0) is 65.2 Å². The molecule has 0 radical (unpaired) electrons. The van der Waals surface area contributed by atoms with Crippen molar-refractivity contribution in [2.75, 3.05) is 5.32 Å². The Morgan fingerprint density at radius 3 is 2.45 bits per heavy atom. The van der Waals surface area contributed by atoms with Gasteiger partial charge in [-0.3, -0.25) is 14.4 Å². The highest BCUT2D eigenvalue weighted by molar-refractivity contribution is 6.16. The molecule has 0 bridgehead atoms. The van der Waals surface area contributed by atoms with Crippen molar-refractivity contribution in [2.24, 2.45) is 5.92 Å². The molecule has 1 spiro atoms. The summed E-state index contributed by atoms with van der Waals surface area (Å²) in [5.74, 6) is -2.68. The van der Waals surface area contributed by atoms with Gasteiger partial charge in [0.05, 0.1) is 18.2 Å². The highest BCUT2D eigenvalue weighted by Crippen LogP contribution is 2.62. The second kappa shape index (κ2) is 8.11. The van der Waals surface area contributed by atoms with Crippen LogP contribution in [0.4, 0.5) is 10.1 Å². The molecule has 4 atom stereocenters. The van der Waals surface area contributed by atoms with Gasteiger partial charge < -0.3 is 14.6 Å². The Hall–Kier alpha value is -4.78. The number of nitrogens with zero attached hydrogens (tertiary/aromatic N) is 1. The normalized spacial score (nSPS) is 24.6. The predicted molar refractivity (Wildman–Crippen MR) is 138 cm³/mol. The number of carbonyl (C=O) groups excluding carboxylic acids is 3. The molecule has 7 heteroatoms. The molecule has 1 aromatic heterocycles.